The van der Waals surface area contributed by atoms with Gasteiger partial charge in [-0.25, -0.2) is 0 Å². The van der Waals surface area contributed by atoms with Crippen LogP contribution in [-0.2, 0) is 0 Å². The summed E-state index contributed by atoms with van der Waals surface area (Å²) in [5.74, 6) is 5.79. The fraction of sp³-hybridized carbons (Fsp3) is 0.852. The van der Waals surface area contributed by atoms with E-state index in [2.05, 4.69) is 25.8 Å². The van der Waals surface area contributed by atoms with Crippen LogP contribution in [0.4, 0.5) is 0 Å². The fourth-order valence-electron chi connectivity index (χ4n) is 8.15. The summed E-state index contributed by atoms with van der Waals surface area (Å²) >= 11 is 0. The first-order chi connectivity index (χ1) is 13.5. The predicted molar refractivity (Wildman–Crippen MR) is 119 cm³/mol. The number of allylic oxidation sites excluding steroid dienone is 1. The summed E-state index contributed by atoms with van der Waals surface area (Å²) in [6.07, 6.45) is 20.6. The Labute approximate surface area is 178 Å². The molecule has 2 heteroatoms. The van der Waals surface area contributed by atoms with E-state index in [1.165, 1.54) is 38.5 Å². The van der Waals surface area contributed by atoms with Crippen molar-refractivity contribution in [3.05, 3.63) is 11.6 Å². The Morgan fingerprint density at radius 1 is 1.14 bits per heavy atom. The van der Waals surface area contributed by atoms with Gasteiger partial charge in [-0.3, -0.25) is 0 Å². The van der Waals surface area contributed by atoms with Crippen LogP contribution in [-0.4, -0.2) is 21.4 Å². The molecule has 162 valence electrons. The van der Waals surface area contributed by atoms with Crippen LogP contribution < -0.4 is 0 Å². The Bertz CT molecular complexity index is 711. The monoisotopic (exact) mass is 398 g/mol. The van der Waals surface area contributed by atoms with Gasteiger partial charge in [0.25, 0.3) is 0 Å². The molecule has 8 atom stereocenters. The fourth-order valence-corrected chi connectivity index (χ4v) is 8.15. The van der Waals surface area contributed by atoms with Gasteiger partial charge >= 0.3 is 0 Å². The largest absolute Gasteiger partial charge is 0.390 e. The summed E-state index contributed by atoms with van der Waals surface area (Å²) < 4.78 is 0. The topological polar surface area (TPSA) is 40.5 Å². The van der Waals surface area contributed by atoms with Crippen LogP contribution in [0.25, 0.3) is 0 Å². The molecule has 0 saturated heterocycles. The Morgan fingerprint density at radius 2 is 1.90 bits per heavy atom. The van der Waals surface area contributed by atoms with Gasteiger partial charge in [-0.15, -0.1) is 6.42 Å². The Morgan fingerprint density at radius 3 is 2.62 bits per heavy atom. The Balaban J connectivity index is 1.48. The molecule has 0 radical (unpaired) electrons. The molecule has 3 saturated carbocycles. The number of hydrogen-bond acceptors (Lipinski definition) is 2. The molecule has 0 bridgehead atoms. The second kappa shape index (κ2) is 7.13. The molecule has 3 fully saturated rings. The lowest BCUT2D eigenvalue weighted by Gasteiger charge is -2.59. The van der Waals surface area contributed by atoms with Crippen molar-refractivity contribution in [2.45, 2.75) is 110 Å². The minimum absolute atomic E-state index is 0.316. The van der Waals surface area contributed by atoms with E-state index in [0.29, 0.717) is 10.8 Å². The number of hydrogen-bond donors (Lipinski definition) is 2. The second-order valence-electron chi connectivity index (χ2n) is 12.1. The van der Waals surface area contributed by atoms with E-state index in [-0.39, 0.29) is 0 Å². The number of terminal acetylenes is 1. The number of aliphatic hydroxyl groups is 2. The third kappa shape index (κ3) is 3.61. The van der Waals surface area contributed by atoms with Crippen LogP contribution in [0.15, 0.2) is 11.6 Å². The van der Waals surface area contributed by atoms with Crippen LogP contribution in [0.5, 0.6) is 0 Å². The van der Waals surface area contributed by atoms with Crippen molar-refractivity contribution in [2.75, 3.05) is 0 Å². The highest BCUT2D eigenvalue weighted by molar-refractivity contribution is 5.26. The first-order valence-corrected chi connectivity index (χ1v) is 12.1. The van der Waals surface area contributed by atoms with E-state index < -0.39 is 11.2 Å². The molecule has 0 aliphatic heterocycles. The second-order valence-corrected chi connectivity index (χ2v) is 12.1. The van der Waals surface area contributed by atoms with Crippen LogP contribution in [0, 0.1) is 46.8 Å². The third-order valence-electron chi connectivity index (χ3n) is 10.1. The zero-order chi connectivity index (χ0) is 21.1. The van der Waals surface area contributed by atoms with Gasteiger partial charge in [-0.05, 0) is 119 Å². The molecule has 2 nitrogen and oxygen atoms in total. The van der Waals surface area contributed by atoms with Gasteiger partial charge in [0.05, 0.1) is 5.60 Å². The summed E-state index contributed by atoms with van der Waals surface area (Å²) in [5, 5.41) is 20.8. The van der Waals surface area contributed by atoms with Crippen molar-refractivity contribution in [1.29, 1.82) is 0 Å². The molecule has 0 aromatic carbocycles. The van der Waals surface area contributed by atoms with Gasteiger partial charge in [0.1, 0.15) is 5.60 Å². The summed E-state index contributed by atoms with van der Waals surface area (Å²) in [5.41, 5.74) is 0.892. The average Bonchev–Trinajstić information content (AvgIpc) is 2.99. The molecule has 0 aromatic heterocycles. The van der Waals surface area contributed by atoms with Gasteiger partial charge in [-0.2, -0.15) is 0 Å². The van der Waals surface area contributed by atoms with Crippen LogP contribution >= 0.6 is 0 Å². The lowest BCUT2D eigenvalue weighted by molar-refractivity contribution is -0.0663. The molecule has 0 aromatic rings. The molecule has 2 N–H and O–H groups in total. The molecular weight excluding hydrogens is 356 g/mol. The Hall–Kier alpha value is -0.780. The van der Waals surface area contributed by atoms with Gasteiger partial charge < -0.3 is 10.2 Å². The summed E-state index contributed by atoms with van der Waals surface area (Å²) in [4.78, 5) is 0. The molecule has 1 unspecified atom stereocenters. The van der Waals surface area contributed by atoms with E-state index in [0.717, 1.165) is 55.8 Å². The van der Waals surface area contributed by atoms with E-state index in [9.17, 15) is 10.2 Å². The van der Waals surface area contributed by atoms with Gasteiger partial charge in [0.15, 0.2) is 0 Å². The highest BCUT2D eigenvalue weighted by atomic mass is 16.3. The molecular formula is C27H42O2. The first kappa shape index (κ1) is 21.5. The average molecular weight is 399 g/mol. The Kier molecular flexibility index (Phi) is 5.28. The molecule has 29 heavy (non-hydrogen) atoms. The minimum Gasteiger partial charge on any atom is -0.390 e. The molecule has 0 amide bonds. The van der Waals surface area contributed by atoms with Gasteiger partial charge in [-0.1, -0.05) is 31.4 Å². The van der Waals surface area contributed by atoms with E-state index >= 15 is 0 Å². The minimum atomic E-state index is -0.947. The molecule has 4 aliphatic rings. The van der Waals surface area contributed by atoms with Gasteiger partial charge in [0, 0.05) is 0 Å². The van der Waals surface area contributed by atoms with E-state index in [4.69, 9.17) is 6.42 Å². The first-order valence-electron chi connectivity index (χ1n) is 12.1. The summed E-state index contributed by atoms with van der Waals surface area (Å²) in [7, 11) is 0. The van der Waals surface area contributed by atoms with Crippen molar-refractivity contribution in [3.63, 3.8) is 0 Å². The molecule has 4 rings (SSSR count). The quantitative estimate of drug-likeness (QED) is 0.459. The molecule has 0 heterocycles. The van der Waals surface area contributed by atoms with Crippen LogP contribution in [0.3, 0.4) is 0 Å². The van der Waals surface area contributed by atoms with Crippen molar-refractivity contribution in [1.82, 2.24) is 0 Å². The van der Waals surface area contributed by atoms with Crippen LogP contribution in [0.2, 0.25) is 0 Å². The number of rotatable bonds is 4. The lowest BCUT2D eigenvalue weighted by atomic mass is 9.46. The SMILES string of the molecule is C#CC(C)(O)CCC[C@H]1CC[C@H]2[C@@H]3CC=C4C[C@@](C)(O)CC[C@]4(C)[C@H]3CC[C@]12C. The zero-order valence-corrected chi connectivity index (χ0v) is 19.1. The number of fused-ring (bicyclic) bond motifs is 5. The van der Waals surface area contributed by atoms with Gasteiger partial charge in [0.2, 0.25) is 0 Å². The van der Waals surface area contributed by atoms with Crippen molar-refractivity contribution in [3.8, 4) is 12.3 Å². The molecule has 4 aliphatic carbocycles. The highest BCUT2D eigenvalue weighted by Crippen LogP contribution is 2.67. The zero-order valence-electron chi connectivity index (χ0n) is 19.1. The summed E-state index contributed by atoms with van der Waals surface area (Å²) in [6.45, 7) is 8.89. The van der Waals surface area contributed by atoms with E-state index in [1.54, 1.807) is 12.5 Å². The maximum Gasteiger partial charge on any atom is 0.122 e. The maximum absolute atomic E-state index is 10.6. The predicted octanol–water partition coefficient (Wildman–Crippen LogP) is 5.87. The lowest BCUT2D eigenvalue weighted by Crippen LogP contribution is -2.51. The van der Waals surface area contributed by atoms with E-state index in [1.807, 2.05) is 6.92 Å². The van der Waals surface area contributed by atoms with Crippen molar-refractivity contribution >= 4 is 0 Å². The molecule has 0 spiro atoms. The third-order valence-corrected chi connectivity index (χ3v) is 10.1. The van der Waals surface area contributed by atoms with Crippen LogP contribution in [0.1, 0.15) is 98.3 Å². The maximum atomic E-state index is 10.6. The summed E-state index contributed by atoms with van der Waals surface area (Å²) in [6, 6.07) is 0. The highest BCUT2D eigenvalue weighted by Gasteiger charge is 2.58. The standard InChI is InChI=1S/C27H42O2/c1-6-24(2,28)14-7-8-19-10-12-22-21-11-9-20-18-25(3,29)16-17-27(20,5)23(21)13-15-26(19,22)4/h1,9,19,21-23,28-29H,7-8,10-18H2,2-5H3/t19-,21-,22-,23-,24?,25-,26+,27-/m0/s1. The van der Waals surface area contributed by atoms with Crippen molar-refractivity contribution < 1.29 is 10.2 Å². The van der Waals surface area contributed by atoms with Crippen molar-refractivity contribution in [2.24, 2.45) is 34.5 Å². The smallest absolute Gasteiger partial charge is 0.122 e. The normalized spacial score (nSPS) is 48.5.